The van der Waals surface area contributed by atoms with E-state index in [-0.39, 0.29) is 11.6 Å². The van der Waals surface area contributed by atoms with E-state index < -0.39 is 4.92 Å². The van der Waals surface area contributed by atoms with Gasteiger partial charge in [-0.3, -0.25) is 20.2 Å². The molecule has 142 valence electrons. The van der Waals surface area contributed by atoms with E-state index in [1.165, 1.54) is 35.1 Å². The summed E-state index contributed by atoms with van der Waals surface area (Å²) in [5.41, 5.74) is 1.95. The van der Waals surface area contributed by atoms with Gasteiger partial charge in [-0.2, -0.15) is 0 Å². The number of nitro benzene ring substituents is 1. The standard InChI is InChI=1S/C19H16N4O3S2/c24-17(11-8-14-6-9-16(10-7-14)23(25)26)20-19-22-21-18(28-19)13-27-12-15-4-2-1-3-5-15/h1-11H,12-13H2,(H,20,22,24)/b11-8+. The second-order valence-electron chi connectivity index (χ2n) is 5.65. The summed E-state index contributed by atoms with van der Waals surface area (Å²) in [5, 5.41) is 22.7. The first-order chi connectivity index (χ1) is 13.6. The van der Waals surface area contributed by atoms with E-state index in [1.807, 2.05) is 18.2 Å². The van der Waals surface area contributed by atoms with Crippen molar-refractivity contribution in [1.29, 1.82) is 0 Å². The quantitative estimate of drug-likeness (QED) is 0.332. The molecule has 0 saturated heterocycles. The summed E-state index contributed by atoms with van der Waals surface area (Å²) >= 11 is 3.07. The van der Waals surface area contributed by atoms with Crippen molar-refractivity contribution in [2.75, 3.05) is 5.32 Å². The molecule has 0 aliphatic carbocycles. The molecular formula is C19H16N4O3S2. The summed E-state index contributed by atoms with van der Waals surface area (Å²) in [6, 6.07) is 16.1. The van der Waals surface area contributed by atoms with E-state index in [0.29, 0.717) is 10.7 Å². The lowest BCUT2D eigenvalue weighted by molar-refractivity contribution is -0.384. The van der Waals surface area contributed by atoms with Gasteiger partial charge >= 0.3 is 0 Å². The van der Waals surface area contributed by atoms with Gasteiger partial charge in [0.25, 0.3) is 5.69 Å². The van der Waals surface area contributed by atoms with Gasteiger partial charge in [0, 0.05) is 29.7 Å². The van der Waals surface area contributed by atoms with Crippen LogP contribution >= 0.6 is 23.1 Å². The molecule has 0 saturated carbocycles. The number of nitro groups is 1. The maximum Gasteiger partial charge on any atom is 0.269 e. The van der Waals surface area contributed by atoms with Crippen molar-refractivity contribution in [1.82, 2.24) is 10.2 Å². The minimum atomic E-state index is -0.467. The van der Waals surface area contributed by atoms with Crippen LogP contribution < -0.4 is 5.32 Å². The molecule has 0 aliphatic rings. The highest BCUT2D eigenvalue weighted by Gasteiger charge is 2.07. The predicted molar refractivity (Wildman–Crippen MR) is 112 cm³/mol. The molecule has 9 heteroatoms. The minimum Gasteiger partial charge on any atom is -0.297 e. The van der Waals surface area contributed by atoms with Crippen molar-refractivity contribution >= 4 is 45.9 Å². The SMILES string of the molecule is O=C(/C=C/c1ccc([N+](=O)[O-])cc1)Nc1nnc(CSCc2ccccc2)s1. The van der Waals surface area contributed by atoms with Crippen molar-refractivity contribution in [3.8, 4) is 0 Å². The highest BCUT2D eigenvalue weighted by molar-refractivity contribution is 7.97. The first-order valence-corrected chi connectivity index (χ1v) is 10.2. The van der Waals surface area contributed by atoms with Crippen LogP contribution in [-0.4, -0.2) is 21.0 Å². The monoisotopic (exact) mass is 412 g/mol. The zero-order valence-electron chi connectivity index (χ0n) is 14.6. The molecule has 1 amide bonds. The molecule has 28 heavy (non-hydrogen) atoms. The molecular weight excluding hydrogens is 396 g/mol. The second kappa shape index (κ2) is 9.77. The van der Waals surface area contributed by atoms with Crippen molar-refractivity contribution < 1.29 is 9.72 Å². The fourth-order valence-electron chi connectivity index (χ4n) is 2.22. The van der Waals surface area contributed by atoms with Crippen LogP contribution in [0.1, 0.15) is 16.1 Å². The van der Waals surface area contributed by atoms with E-state index >= 15 is 0 Å². The Bertz CT molecular complexity index is 972. The number of hydrogen-bond donors (Lipinski definition) is 1. The summed E-state index contributed by atoms with van der Waals surface area (Å²) in [6.07, 6.45) is 2.93. The number of carbonyl (C=O) groups is 1. The van der Waals surface area contributed by atoms with Crippen molar-refractivity contribution in [3.05, 3.63) is 86.9 Å². The molecule has 1 N–H and O–H groups in total. The number of carbonyl (C=O) groups excluding carboxylic acids is 1. The van der Waals surface area contributed by atoms with E-state index in [0.717, 1.165) is 16.5 Å². The Kier molecular flexibility index (Phi) is 6.88. The third kappa shape index (κ3) is 6.00. The van der Waals surface area contributed by atoms with Crippen LogP contribution in [0.5, 0.6) is 0 Å². The number of thioether (sulfide) groups is 1. The number of nitrogens with one attached hydrogen (secondary N) is 1. The average Bonchev–Trinajstić information content (AvgIpc) is 3.14. The van der Waals surface area contributed by atoms with Gasteiger partial charge in [-0.15, -0.1) is 22.0 Å². The Labute approximate surface area is 169 Å². The molecule has 3 aromatic rings. The maximum atomic E-state index is 12.0. The van der Waals surface area contributed by atoms with Gasteiger partial charge < -0.3 is 0 Å². The van der Waals surface area contributed by atoms with Crippen molar-refractivity contribution in [3.63, 3.8) is 0 Å². The van der Waals surface area contributed by atoms with Gasteiger partial charge in [0.15, 0.2) is 0 Å². The molecule has 1 heterocycles. The van der Waals surface area contributed by atoms with E-state index in [1.54, 1.807) is 30.0 Å². The normalized spacial score (nSPS) is 10.9. The minimum absolute atomic E-state index is 0.00752. The Hall–Kier alpha value is -3.04. The Morgan fingerprint density at radius 2 is 1.86 bits per heavy atom. The largest absolute Gasteiger partial charge is 0.297 e. The lowest BCUT2D eigenvalue weighted by Crippen LogP contribution is -2.07. The van der Waals surface area contributed by atoms with Crippen LogP contribution in [0, 0.1) is 10.1 Å². The highest BCUT2D eigenvalue weighted by atomic mass is 32.2. The van der Waals surface area contributed by atoms with Crippen LogP contribution in [0.3, 0.4) is 0 Å². The highest BCUT2D eigenvalue weighted by Crippen LogP contribution is 2.22. The van der Waals surface area contributed by atoms with E-state index in [4.69, 9.17) is 0 Å². The molecule has 0 spiro atoms. The average molecular weight is 412 g/mol. The van der Waals surface area contributed by atoms with Gasteiger partial charge in [-0.25, -0.2) is 0 Å². The summed E-state index contributed by atoms with van der Waals surface area (Å²) in [6.45, 7) is 0. The molecule has 2 aromatic carbocycles. The van der Waals surface area contributed by atoms with Gasteiger partial charge in [-0.1, -0.05) is 41.7 Å². The Balaban J connectivity index is 1.47. The summed E-state index contributed by atoms with van der Waals surface area (Å²) < 4.78 is 0. The Morgan fingerprint density at radius 3 is 2.57 bits per heavy atom. The fourth-order valence-corrected chi connectivity index (χ4v) is 4.01. The van der Waals surface area contributed by atoms with Crippen molar-refractivity contribution in [2.45, 2.75) is 11.5 Å². The topological polar surface area (TPSA) is 98.0 Å². The van der Waals surface area contributed by atoms with Gasteiger partial charge in [0.2, 0.25) is 11.0 Å². The zero-order valence-corrected chi connectivity index (χ0v) is 16.3. The van der Waals surface area contributed by atoms with Crippen molar-refractivity contribution in [2.24, 2.45) is 0 Å². The van der Waals surface area contributed by atoms with Crippen LogP contribution in [0.25, 0.3) is 6.08 Å². The predicted octanol–water partition coefficient (Wildman–Crippen LogP) is 4.53. The number of anilines is 1. The number of hydrogen-bond acceptors (Lipinski definition) is 7. The number of benzene rings is 2. The number of non-ortho nitro benzene ring substituents is 1. The third-order valence-electron chi connectivity index (χ3n) is 3.57. The number of aromatic nitrogens is 2. The molecule has 0 bridgehead atoms. The van der Waals surface area contributed by atoms with Gasteiger partial charge in [0.05, 0.1) is 4.92 Å². The summed E-state index contributed by atoms with van der Waals surface area (Å²) in [5.74, 6) is 1.28. The van der Waals surface area contributed by atoms with Crippen LogP contribution in [0.2, 0.25) is 0 Å². The first kappa shape index (κ1) is 19.7. The van der Waals surface area contributed by atoms with Gasteiger partial charge in [-0.05, 0) is 29.3 Å². The molecule has 7 nitrogen and oxygen atoms in total. The molecule has 0 aliphatic heterocycles. The van der Waals surface area contributed by atoms with Crippen LogP contribution in [0.15, 0.2) is 60.7 Å². The van der Waals surface area contributed by atoms with Gasteiger partial charge in [0.1, 0.15) is 5.01 Å². The smallest absolute Gasteiger partial charge is 0.269 e. The number of amides is 1. The van der Waals surface area contributed by atoms with Crippen LogP contribution in [-0.2, 0) is 16.3 Å². The fraction of sp³-hybridized carbons (Fsp3) is 0.105. The molecule has 0 fully saturated rings. The third-order valence-corrected chi connectivity index (χ3v) is 5.60. The molecule has 0 radical (unpaired) electrons. The lowest BCUT2D eigenvalue weighted by Gasteiger charge is -1.98. The first-order valence-electron chi connectivity index (χ1n) is 8.28. The zero-order chi connectivity index (χ0) is 19.8. The van der Waals surface area contributed by atoms with Crippen LogP contribution in [0.4, 0.5) is 10.8 Å². The number of rotatable bonds is 8. The molecule has 3 rings (SSSR count). The Morgan fingerprint density at radius 1 is 1.11 bits per heavy atom. The summed E-state index contributed by atoms with van der Waals surface area (Å²) in [7, 11) is 0. The van der Waals surface area contributed by atoms with E-state index in [2.05, 4.69) is 27.6 Å². The number of nitrogens with zero attached hydrogens (tertiary/aromatic N) is 3. The lowest BCUT2D eigenvalue weighted by atomic mass is 10.2. The molecule has 0 unspecified atom stereocenters. The second-order valence-corrected chi connectivity index (χ2v) is 7.70. The molecule has 0 atom stereocenters. The van der Waals surface area contributed by atoms with E-state index in [9.17, 15) is 14.9 Å². The summed E-state index contributed by atoms with van der Waals surface area (Å²) in [4.78, 5) is 22.2. The molecule has 1 aromatic heterocycles. The maximum absolute atomic E-state index is 12.0.